The third kappa shape index (κ3) is 5.23. The summed E-state index contributed by atoms with van der Waals surface area (Å²) in [4.78, 5) is 4.23. The van der Waals surface area contributed by atoms with Crippen LogP contribution in [0, 0.1) is 13.8 Å². The lowest BCUT2D eigenvalue weighted by Crippen LogP contribution is -2.47. The maximum atomic E-state index is 13.2. The number of alkyl halides is 4. The van der Waals surface area contributed by atoms with Crippen LogP contribution >= 0.6 is 0 Å². The molecule has 1 aromatic carbocycles. The second kappa shape index (κ2) is 9.89. The topological polar surface area (TPSA) is 61.1 Å². The number of anilines is 1. The number of rotatable bonds is 9. The lowest BCUT2D eigenvalue weighted by atomic mass is 10.2. The quantitative estimate of drug-likeness (QED) is 0.555. The number of piperazine rings is 1. The van der Waals surface area contributed by atoms with Gasteiger partial charge in [0.15, 0.2) is 18.4 Å². The van der Waals surface area contributed by atoms with E-state index in [1.165, 1.54) is 10.6 Å². The van der Waals surface area contributed by atoms with Crippen molar-refractivity contribution in [3.8, 4) is 17.5 Å². The van der Waals surface area contributed by atoms with E-state index >= 15 is 0 Å². The van der Waals surface area contributed by atoms with Crippen LogP contribution in [-0.4, -0.2) is 71.4 Å². The van der Waals surface area contributed by atoms with Gasteiger partial charge in [-0.2, -0.15) is 8.78 Å². The first-order valence-corrected chi connectivity index (χ1v) is 10.5. The van der Waals surface area contributed by atoms with Gasteiger partial charge in [0.05, 0.1) is 5.69 Å². The Hall–Kier alpha value is -2.62. The van der Waals surface area contributed by atoms with Gasteiger partial charge in [-0.25, -0.2) is 8.78 Å². The number of nitrogens with zero attached hydrogens (tertiary/aromatic N) is 3. The van der Waals surface area contributed by atoms with Crippen molar-refractivity contribution in [3.63, 3.8) is 0 Å². The third-order valence-electron chi connectivity index (χ3n) is 5.92. The summed E-state index contributed by atoms with van der Waals surface area (Å²) in [7, 11) is 0. The molecule has 0 spiro atoms. The largest absolute Gasteiger partial charge is 0.494 e. The van der Waals surface area contributed by atoms with E-state index in [4.69, 9.17) is 4.74 Å². The minimum atomic E-state index is -4.20. The van der Waals surface area contributed by atoms with Gasteiger partial charge in [-0.15, -0.1) is 0 Å². The fourth-order valence-electron chi connectivity index (χ4n) is 3.79. The van der Waals surface area contributed by atoms with Crippen molar-refractivity contribution in [1.82, 2.24) is 9.47 Å². The highest BCUT2D eigenvalue weighted by atomic mass is 19.3. The SMILES string of the molecule is Cc1c(C)c(O)n(CCCN2CCN(c3ccccc3OCC(F)(F)C(F)F)CC2)c1O. The third-order valence-corrected chi connectivity index (χ3v) is 5.92. The minimum Gasteiger partial charge on any atom is -0.494 e. The Bertz CT molecular complexity index is 887. The number of ether oxygens (including phenoxy) is 1. The number of hydrogen-bond acceptors (Lipinski definition) is 5. The second-order valence-corrected chi connectivity index (χ2v) is 8.05. The molecule has 0 atom stereocenters. The Morgan fingerprint density at radius 1 is 0.969 bits per heavy atom. The molecule has 1 aromatic heterocycles. The lowest BCUT2D eigenvalue weighted by Gasteiger charge is -2.36. The van der Waals surface area contributed by atoms with Gasteiger partial charge in [0.25, 0.3) is 0 Å². The molecule has 1 aliphatic rings. The first kappa shape index (κ1) is 24.0. The van der Waals surface area contributed by atoms with E-state index in [2.05, 4.69) is 4.90 Å². The first-order chi connectivity index (χ1) is 15.1. The molecule has 1 saturated heterocycles. The highest BCUT2D eigenvalue weighted by molar-refractivity contribution is 5.58. The van der Waals surface area contributed by atoms with Crippen molar-refractivity contribution < 1.29 is 32.5 Å². The van der Waals surface area contributed by atoms with E-state index in [1.54, 1.807) is 32.0 Å². The average molecular weight is 459 g/mol. The molecule has 2 heterocycles. The van der Waals surface area contributed by atoms with Gasteiger partial charge < -0.3 is 19.8 Å². The second-order valence-electron chi connectivity index (χ2n) is 8.05. The van der Waals surface area contributed by atoms with Gasteiger partial charge >= 0.3 is 12.3 Å². The van der Waals surface area contributed by atoms with Crippen molar-refractivity contribution in [2.24, 2.45) is 0 Å². The molecule has 0 saturated carbocycles. The molecule has 0 unspecified atom stereocenters. The maximum Gasteiger partial charge on any atom is 0.340 e. The average Bonchev–Trinajstić information content (AvgIpc) is 2.96. The summed E-state index contributed by atoms with van der Waals surface area (Å²) in [6.45, 7) is 6.11. The van der Waals surface area contributed by atoms with E-state index in [9.17, 15) is 27.8 Å². The van der Waals surface area contributed by atoms with Gasteiger partial charge in [-0.05, 0) is 38.9 Å². The van der Waals surface area contributed by atoms with Gasteiger partial charge in [-0.1, -0.05) is 12.1 Å². The number of halogens is 4. The smallest absolute Gasteiger partial charge is 0.340 e. The lowest BCUT2D eigenvalue weighted by molar-refractivity contribution is -0.148. The molecule has 1 fully saturated rings. The van der Waals surface area contributed by atoms with Crippen molar-refractivity contribution in [3.05, 3.63) is 35.4 Å². The minimum absolute atomic E-state index is 0.0823. The fourth-order valence-corrected chi connectivity index (χ4v) is 3.79. The number of benzene rings is 1. The van der Waals surface area contributed by atoms with Gasteiger partial charge in [-0.3, -0.25) is 9.47 Å². The van der Waals surface area contributed by atoms with Crippen LogP contribution in [0.15, 0.2) is 24.3 Å². The first-order valence-electron chi connectivity index (χ1n) is 10.5. The van der Waals surface area contributed by atoms with E-state index in [0.717, 1.165) is 26.1 Å². The summed E-state index contributed by atoms with van der Waals surface area (Å²) in [6.07, 6.45) is -3.04. The Balaban J connectivity index is 1.51. The summed E-state index contributed by atoms with van der Waals surface area (Å²) < 4.78 is 57.9. The number of hydrogen-bond donors (Lipinski definition) is 2. The van der Waals surface area contributed by atoms with Crippen molar-refractivity contribution in [2.45, 2.75) is 39.2 Å². The van der Waals surface area contributed by atoms with Gasteiger partial charge in [0, 0.05) is 43.9 Å². The van der Waals surface area contributed by atoms with Gasteiger partial charge in [0.1, 0.15) is 5.75 Å². The van der Waals surface area contributed by atoms with Crippen molar-refractivity contribution in [1.29, 1.82) is 0 Å². The van der Waals surface area contributed by atoms with Gasteiger partial charge in [0.2, 0.25) is 0 Å². The highest BCUT2D eigenvalue weighted by Gasteiger charge is 2.42. The summed E-state index contributed by atoms with van der Waals surface area (Å²) >= 11 is 0. The number of aromatic nitrogens is 1. The predicted octanol–water partition coefficient (Wildman–Crippen LogP) is 4.01. The molecule has 2 aromatic rings. The van der Waals surface area contributed by atoms with Crippen LogP contribution < -0.4 is 9.64 Å². The molecule has 0 bridgehead atoms. The molecule has 0 radical (unpaired) electrons. The summed E-state index contributed by atoms with van der Waals surface area (Å²) in [5, 5.41) is 20.3. The number of para-hydroxylation sites is 2. The van der Waals surface area contributed by atoms with Crippen LogP contribution in [0.3, 0.4) is 0 Å². The van der Waals surface area contributed by atoms with E-state index in [1.807, 2.05) is 4.90 Å². The molecule has 3 rings (SSSR count). The Kier molecular flexibility index (Phi) is 7.43. The molecule has 6 nitrogen and oxygen atoms in total. The zero-order valence-electron chi connectivity index (χ0n) is 18.2. The molecule has 10 heteroatoms. The highest BCUT2D eigenvalue weighted by Crippen LogP contribution is 2.33. The maximum absolute atomic E-state index is 13.2. The molecule has 0 amide bonds. The normalized spacial score (nSPS) is 15.5. The molecule has 178 valence electrons. The summed E-state index contributed by atoms with van der Waals surface area (Å²) in [5.74, 6) is -3.88. The van der Waals surface area contributed by atoms with Crippen molar-refractivity contribution >= 4 is 5.69 Å². The van der Waals surface area contributed by atoms with Crippen LogP contribution in [0.25, 0.3) is 0 Å². The standard InChI is InChI=1S/C22H29F4N3O3/c1-15-16(2)20(31)29(19(15)30)9-5-8-27-10-12-28(13-11-27)17-6-3-4-7-18(17)32-14-22(25,26)21(23)24/h3-4,6-7,21,30-31H,5,8-14H2,1-2H3. The summed E-state index contributed by atoms with van der Waals surface area (Å²) in [6, 6.07) is 6.60. The number of aromatic hydroxyl groups is 2. The van der Waals surface area contributed by atoms with Crippen LogP contribution in [0.4, 0.5) is 23.2 Å². The summed E-state index contributed by atoms with van der Waals surface area (Å²) in [5.41, 5.74) is 1.94. The zero-order chi connectivity index (χ0) is 23.5. The Morgan fingerprint density at radius 3 is 2.16 bits per heavy atom. The van der Waals surface area contributed by atoms with E-state index in [-0.39, 0.29) is 17.5 Å². The monoisotopic (exact) mass is 459 g/mol. The fraction of sp³-hybridized carbons (Fsp3) is 0.545. The molecule has 0 aliphatic carbocycles. The predicted molar refractivity (Wildman–Crippen MR) is 113 cm³/mol. The molecule has 32 heavy (non-hydrogen) atoms. The van der Waals surface area contributed by atoms with E-state index in [0.29, 0.717) is 36.4 Å². The zero-order valence-corrected chi connectivity index (χ0v) is 18.2. The molecule has 2 N–H and O–H groups in total. The molecule has 1 aliphatic heterocycles. The van der Waals surface area contributed by atoms with Crippen LogP contribution in [-0.2, 0) is 6.54 Å². The van der Waals surface area contributed by atoms with E-state index < -0.39 is 19.0 Å². The Morgan fingerprint density at radius 2 is 1.56 bits per heavy atom. The van der Waals surface area contributed by atoms with Crippen LogP contribution in [0.2, 0.25) is 0 Å². The Labute approximate surface area is 184 Å². The van der Waals surface area contributed by atoms with Crippen LogP contribution in [0.5, 0.6) is 17.5 Å². The van der Waals surface area contributed by atoms with Crippen LogP contribution in [0.1, 0.15) is 17.5 Å². The molecular weight excluding hydrogens is 430 g/mol. The van der Waals surface area contributed by atoms with Crippen molar-refractivity contribution in [2.75, 3.05) is 44.2 Å². The molecular formula is C22H29F4N3O3.